The van der Waals surface area contributed by atoms with Crippen molar-refractivity contribution in [2.75, 3.05) is 0 Å². The standard InChI is InChI=1S/C22H27N3O5/c1-23-16-6-14-5-15(14)25(16)20(29)19(24-17(26)2-3-18(27)28)21-7-12-4-13(8-21)10-22(30,9-12)11-21/h2-3,12-16,19,30H,4-11H2,(H,24,26)(H,27,28)/b3-2+/t12-,13+,14-,15-,16-,19+,21?,22?/m0/s1. The molecule has 1 heterocycles. The van der Waals surface area contributed by atoms with Gasteiger partial charge in [0.15, 0.2) is 0 Å². The van der Waals surface area contributed by atoms with Crippen LogP contribution in [0.3, 0.4) is 0 Å². The summed E-state index contributed by atoms with van der Waals surface area (Å²) in [6.07, 6.45) is 7.36. The van der Waals surface area contributed by atoms with Gasteiger partial charge < -0.3 is 15.5 Å². The number of aliphatic hydroxyl groups is 1. The van der Waals surface area contributed by atoms with Gasteiger partial charge in [-0.2, -0.15) is 0 Å². The second-order valence-corrected chi connectivity index (χ2v) is 10.3. The third-order valence-corrected chi connectivity index (χ3v) is 8.08. The predicted molar refractivity (Wildman–Crippen MR) is 105 cm³/mol. The Balaban J connectivity index is 1.47. The van der Waals surface area contributed by atoms with Gasteiger partial charge in [-0.05, 0) is 62.7 Å². The molecule has 6 aliphatic rings. The average molecular weight is 413 g/mol. The fraction of sp³-hybridized carbons (Fsp3) is 0.727. The van der Waals surface area contributed by atoms with Crippen LogP contribution in [0.1, 0.15) is 51.4 Å². The maximum atomic E-state index is 13.8. The maximum absolute atomic E-state index is 13.8. The van der Waals surface area contributed by atoms with Crippen molar-refractivity contribution in [3.63, 3.8) is 0 Å². The van der Waals surface area contributed by atoms with E-state index in [0.29, 0.717) is 30.6 Å². The predicted octanol–water partition coefficient (Wildman–Crippen LogP) is 1.31. The molecule has 8 nitrogen and oxygen atoms in total. The molecular weight excluding hydrogens is 386 g/mol. The summed E-state index contributed by atoms with van der Waals surface area (Å²) in [6, 6.07) is -0.771. The number of nitrogens with one attached hydrogen (secondary N) is 1. The summed E-state index contributed by atoms with van der Waals surface area (Å²) < 4.78 is 0. The average Bonchev–Trinajstić information content (AvgIpc) is 3.31. The number of rotatable bonds is 5. The van der Waals surface area contributed by atoms with Gasteiger partial charge >= 0.3 is 12.1 Å². The molecule has 1 aliphatic heterocycles. The molecule has 2 unspecified atom stereocenters. The number of carbonyl (C=O) groups excluding carboxylic acids is 2. The van der Waals surface area contributed by atoms with E-state index in [4.69, 9.17) is 11.7 Å². The van der Waals surface area contributed by atoms with E-state index in [9.17, 15) is 19.5 Å². The van der Waals surface area contributed by atoms with Crippen LogP contribution in [-0.4, -0.2) is 56.7 Å². The first-order valence-corrected chi connectivity index (χ1v) is 10.8. The number of carbonyl (C=O) groups is 3. The zero-order valence-electron chi connectivity index (χ0n) is 16.8. The molecule has 8 atom stereocenters. The molecule has 2 amide bonds. The van der Waals surface area contributed by atoms with Crippen molar-refractivity contribution in [3.8, 4) is 0 Å². The van der Waals surface area contributed by atoms with Crippen LogP contribution in [0.15, 0.2) is 12.2 Å². The van der Waals surface area contributed by atoms with Crippen LogP contribution in [0.4, 0.5) is 0 Å². The normalized spacial score (nSPS) is 43.9. The Kier molecular flexibility index (Phi) is 4.27. The molecule has 0 spiro atoms. The van der Waals surface area contributed by atoms with E-state index in [1.165, 1.54) is 0 Å². The Labute approximate surface area is 175 Å². The molecule has 0 aromatic heterocycles. The number of nitrogens with zero attached hydrogens (tertiary/aromatic N) is 2. The number of carboxylic acid groups (broad SMARTS) is 1. The minimum absolute atomic E-state index is 0.0718. The van der Waals surface area contributed by atoms with E-state index in [-0.39, 0.29) is 11.9 Å². The largest absolute Gasteiger partial charge is 0.478 e. The third kappa shape index (κ3) is 3.11. The highest BCUT2D eigenvalue weighted by atomic mass is 16.4. The Morgan fingerprint density at radius 1 is 1.10 bits per heavy atom. The first-order chi connectivity index (χ1) is 14.2. The number of hydrogen-bond acceptors (Lipinski definition) is 4. The van der Waals surface area contributed by atoms with Gasteiger partial charge in [-0.15, -0.1) is 0 Å². The first kappa shape index (κ1) is 19.6. The summed E-state index contributed by atoms with van der Waals surface area (Å²) in [5.41, 5.74) is -1.33. The molecule has 160 valence electrons. The van der Waals surface area contributed by atoms with Gasteiger partial charge in [-0.25, -0.2) is 11.4 Å². The number of hydrogen-bond donors (Lipinski definition) is 3. The summed E-state index contributed by atoms with van der Waals surface area (Å²) in [5.74, 6) is -1.04. The van der Waals surface area contributed by atoms with Crippen molar-refractivity contribution in [1.82, 2.24) is 10.2 Å². The highest BCUT2D eigenvalue weighted by molar-refractivity contribution is 5.97. The van der Waals surface area contributed by atoms with Gasteiger partial charge in [0.05, 0.1) is 5.60 Å². The topological polar surface area (TPSA) is 111 Å². The number of likely N-dealkylation sites (tertiary alicyclic amines) is 1. The van der Waals surface area contributed by atoms with Gasteiger partial charge in [0.1, 0.15) is 6.04 Å². The van der Waals surface area contributed by atoms with Gasteiger partial charge in [-0.1, -0.05) is 0 Å². The number of piperidine rings is 1. The zero-order valence-corrected chi connectivity index (χ0v) is 16.8. The quantitative estimate of drug-likeness (QED) is 0.465. The van der Waals surface area contributed by atoms with Crippen molar-refractivity contribution >= 4 is 17.8 Å². The Morgan fingerprint density at radius 2 is 1.80 bits per heavy atom. The second-order valence-electron chi connectivity index (χ2n) is 10.3. The molecule has 0 aromatic rings. The first-order valence-electron chi connectivity index (χ1n) is 10.8. The van der Waals surface area contributed by atoms with Crippen molar-refractivity contribution in [2.45, 2.75) is 75.2 Å². The zero-order chi connectivity index (χ0) is 21.3. The fourth-order valence-electron chi connectivity index (χ4n) is 7.44. The summed E-state index contributed by atoms with van der Waals surface area (Å²) in [6.45, 7) is 7.51. The van der Waals surface area contributed by atoms with Crippen molar-refractivity contribution < 1.29 is 24.6 Å². The lowest BCUT2D eigenvalue weighted by Crippen LogP contribution is -2.66. The SMILES string of the molecule is [C-]#[N+][C@@H]1C[C@@H]2C[C@@H]2N1C(=O)[C@@H](NC(=O)/C=C/C(=O)O)C12C[C@@H]3C[C@@H](CC(O)(C3)C1)C2. The van der Waals surface area contributed by atoms with E-state index in [2.05, 4.69) is 10.2 Å². The van der Waals surface area contributed by atoms with Crippen molar-refractivity contribution in [2.24, 2.45) is 23.2 Å². The summed E-state index contributed by atoms with van der Waals surface area (Å²) in [4.78, 5) is 42.5. The number of fused-ring (bicyclic) bond motifs is 1. The van der Waals surface area contributed by atoms with Crippen LogP contribution < -0.4 is 5.32 Å². The van der Waals surface area contributed by atoms with Gasteiger partial charge in [-0.3, -0.25) is 19.3 Å². The Bertz CT molecular complexity index is 862. The van der Waals surface area contributed by atoms with Gasteiger partial charge in [0.2, 0.25) is 5.91 Å². The lowest BCUT2D eigenvalue weighted by atomic mass is 9.46. The summed E-state index contributed by atoms with van der Waals surface area (Å²) in [7, 11) is 0. The number of amides is 2. The minimum Gasteiger partial charge on any atom is -0.478 e. The highest BCUT2D eigenvalue weighted by Gasteiger charge is 2.64. The van der Waals surface area contributed by atoms with Crippen LogP contribution in [0.25, 0.3) is 4.85 Å². The molecule has 0 radical (unpaired) electrons. The maximum Gasteiger partial charge on any atom is 0.328 e. The number of carboxylic acids is 1. The molecule has 4 bridgehead atoms. The molecule has 1 saturated heterocycles. The molecule has 0 aromatic carbocycles. The van der Waals surface area contributed by atoms with E-state index in [1.54, 1.807) is 4.90 Å². The van der Waals surface area contributed by atoms with Crippen molar-refractivity contribution in [1.29, 1.82) is 0 Å². The summed E-state index contributed by atoms with van der Waals surface area (Å²) in [5, 5.41) is 22.8. The van der Waals surface area contributed by atoms with Crippen LogP contribution in [0.5, 0.6) is 0 Å². The van der Waals surface area contributed by atoms with E-state index < -0.39 is 35.1 Å². The number of aliphatic carboxylic acids is 1. The molecule has 6 fully saturated rings. The lowest BCUT2D eigenvalue weighted by Gasteiger charge is -2.62. The van der Waals surface area contributed by atoms with E-state index in [0.717, 1.165) is 50.7 Å². The van der Waals surface area contributed by atoms with Crippen LogP contribution in [-0.2, 0) is 14.4 Å². The molecule has 30 heavy (non-hydrogen) atoms. The molecule has 5 aliphatic carbocycles. The highest BCUT2D eigenvalue weighted by Crippen LogP contribution is 2.63. The Morgan fingerprint density at radius 3 is 2.40 bits per heavy atom. The summed E-state index contributed by atoms with van der Waals surface area (Å²) >= 11 is 0. The third-order valence-electron chi connectivity index (χ3n) is 8.08. The molecule has 6 rings (SSSR count). The Hall–Kier alpha value is -2.40. The molecule has 8 heteroatoms. The van der Waals surface area contributed by atoms with Crippen LogP contribution in [0.2, 0.25) is 0 Å². The van der Waals surface area contributed by atoms with Crippen LogP contribution in [0, 0.1) is 29.7 Å². The molecule has 5 saturated carbocycles. The molecule has 3 N–H and O–H groups in total. The fourth-order valence-corrected chi connectivity index (χ4v) is 7.44. The van der Waals surface area contributed by atoms with E-state index >= 15 is 0 Å². The van der Waals surface area contributed by atoms with E-state index in [1.807, 2.05) is 0 Å². The van der Waals surface area contributed by atoms with Gasteiger partial charge in [0.25, 0.3) is 5.91 Å². The van der Waals surface area contributed by atoms with Crippen molar-refractivity contribution in [3.05, 3.63) is 23.6 Å². The minimum atomic E-state index is -1.23. The second kappa shape index (κ2) is 6.55. The van der Waals surface area contributed by atoms with Crippen LogP contribution >= 0.6 is 0 Å². The monoisotopic (exact) mass is 413 g/mol. The molecular formula is C22H27N3O5. The lowest BCUT2D eigenvalue weighted by molar-refractivity contribution is -0.181. The van der Waals surface area contributed by atoms with Gasteiger partial charge in [0, 0.05) is 30.0 Å². The smallest absolute Gasteiger partial charge is 0.328 e.